The molecule has 2 aromatic rings. The largest absolute Gasteiger partial charge is 0.341 e. The second-order valence-electron chi connectivity index (χ2n) is 9.11. The lowest BCUT2D eigenvalue weighted by Crippen LogP contribution is -2.61. The molecule has 6 rings (SSSR count). The van der Waals surface area contributed by atoms with Crippen molar-refractivity contribution in [1.82, 2.24) is 4.90 Å². The average Bonchev–Trinajstić information content (AvgIpc) is 3.40. The third-order valence-corrected chi connectivity index (χ3v) is 9.16. The van der Waals surface area contributed by atoms with Crippen LogP contribution in [0.4, 0.5) is 10.1 Å². The van der Waals surface area contributed by atoms with Gasteiger partial charge in [0, 0.05) is 22.1 Å². The predicted octanol–water partition coefficient (Wildman–Crippen LogP) is 3.36. The van der Waals surface area contributed by atoms with Crippen LogP contribution in [0, 0.1) is 33.1 Å². The number of sulfonamides is 1. The molecule has 1 saturated carbocycles. The zero-order chi connectivity index (χ0) is 23.8. The average molecular weight is 591 g/mol. The van der Waals surface area contributed by atoms with E-state index in [1.165, 1.54) is 18.2 Å². The number of benzene rings is 2. The number of amides is 1. The number of ketones is 1. The number of hydrogen-bond donors (Lipinski definition) is 1. The summed E-state index contributed by atoms with van der Waals surface area (Å²) in [7, 11) is -4.08. The molecule has 5 atom stereocenters. The SMILES string of the molecule is O=C1C(C2=NS(=O)(=O)c3cc(I)ccc3N2)C(=O)N(Cc2ccc(F)cc2)C2C3C=CC(C3)C12. The summed E-state index contributed by atoms with van der Waals surface area (Å²) in [6.07, 6.45) is 4.86. The summed E-state index contributed by atoms with van der Waals surface area (Å²) in [6.45, 7) is 0.204. The molecule has 2 aliphatic carbocycles. The maximum Gasteiger partial charge on any atom is 0.286 e. The fourth-order valence-corrected chi connectivity index (χ4v) is 7.61. The van der Waals surface area contributed by atoms with E-state index in [1.54, 1.807) is 29.2 Å². The molecule has 2 heterocycles. The van der Waals surface area contributed by atoms with Gasteiger partial charge in [0.15, 0.2) is 11.7 Å². The first-order valence-electron chi connectivity index (χ1n) is 10.9. The molecule has 1 amide bonds. The van der Waals surface area contributed by atoms with Gasteiger partial charge in [-0.05, 0) is 76.7 Å². The fourth-order valence-electron chi connectivity index (χ4n) is 5.73. The first-order chi connectivity index (χ1) is 16.2. The molecular weight excluding hydrogens is 572 g/mol. The van der Waals surface area contributed by atoms with Gasteiger partial charge >= 0.3 is 0 Å². The third kappa shape index (κ3) is 3.33. The summed E-state index contributed by atoms with van der Waals surface area (Å²) >= 11 is 2.01. The lowest BCUT2D eigenvalue weighted by atomic mass is 9.75. The predicted molar refractivity (Wildman–Crippen MR) is 131 cm³/mol. The van der Waals surface area contributed by atoms with Crippen molar-refractivity contribution in [2.45, 2.75) is 23.9 Å². The molecule has 5 unspecified atom stereocenters. The van der Waals surface area contributed by atoms with Crippen molar-refractivity contribution in [2.75, 3.05) is 5.32 Å². The second-order valence-corrected chi connectivity index (χ2v) is 11.9. The maximum absolute atomic E-state index is 13.8. The normalized spacial score (nSPS) is 30.6. The number of Topliss-reactive ketones (excluding diaryl/α,β-unsaturated/α-hetero) is 1. The van der Waals surface area contributed by atoms with Crippen LogP contribution >= 0.6 is 22.6 Å². The van der Waals surface area contributed by atoms with Crippen molar-refractivity contribution in [3.05, 3.63) is 69.6 Å². The van der Waals surface area contributed by atoms with E-state index in [-0.39, 0.29) is 46.8 Å². The maximum atomic E-state index is 13.8. The van der Waals surface area contributed by atoms with E-state index in [9.17, 15) is 22.4 Å². The standard InChI is InChI=1S/C24H19FIN3O4S/c25-15-5-1-12(2-6-15)11-29-21-14-4-3-13(9-14)19(21)22(30)20(24(29)31)23-27-17-8-7-16(26)10-18(17)34(32,33)28-23/h1-8,10,13-14,19-21H,9,11H2,(H,27,28). The van der Waals surface area contributed by atoms with Crippen molar-refractivity contribution in [3.63, 3.8) is 0 Å². The van der Waals surface area contributed by atoms with Crippen LogP contribution in [0.1, 0.15) is 12.0 Å². The zero-order valence-electron chi connectivity index (χ0n) is 17.7. The summed E-state index contributed by atoms with van der Waals surface area (Å²) in [5, 5.41) is 2.96. The molecule has 0 spiro atoms. The Balaban J connectivity index is 1.42. The smallest absolute Gasteiger partial charge is 0.286 e. The van der Waals surface area contributed by atoms with Crippen LogP contribution in [0.2, 0.25) is 0 Å². The number of fused-ring (bicyclic) bond motifs is 6. The molecule has 174 valence electrons. The Labute approximate surface area is 209 Å². The van der Waals surface area contributed by atoms with Crippen molar-refractivity contribution >= 4 is 55.8 Å². The molecule has 34 heavy (non-hydrogen) atoms. The van der Waals surface area contributed by atoms with Gasteiger partial charge < -0.3 is 10.2 Å². The number of rotatable bonds is 3. The number of nitrogens with zero attached hydrogens (tertiary/aromatic N) is 2. The molecule has 0 aromatic heterocycles. The Hall–Kier alpha value is -2.60. The summed E-state index contributed by atoms with van der Waals surface area (Å²) in [4.78, 5) is 29.2. The molecule has 2 bridgehead atoms. The highest BCUT2D eigenvalue weighted by Gasteiger charge is 2.59. The second kappa shape index (κ2) is 7.70. The number of likely N-dealkylation sites (tertiary alicyclic amines) is 1. The number of carbonyl (C=O) groups is 2. The molecule has 7 nitrogen and oxygen atoms in total. The molecule has 10 heteroatoms. The van der Waals surface area contributed by atoms with E-state index in [0.29, 0.717) is 5.69 Å². The Morgan fingerprint density at radius 2 is 1.82 bits per heavy atom. The first-order valence-corrected chi connectivity index (χ1v) is 13.4. The summed E-state index contributed by atoms with van der Waals surface area (Å²) < 4.78 is 43.9. The van der Waals surface area contributed by atoms with Gasteiger partial charge in [-0.15, -0.1) is 4.40 Å². The highest BCUT2D eigenvalue weighted by Crippen LogP contribution is 2.50. The number of allylic oxidation sites excluding steroid dienone is 1. The minimum absolute atomic E-state index is 0.00322. The molecule has 1 N–H and O–H groups in total. The van der Waals surface area contributed by atoms with Crippen LogP contribution < -0.4 is 5.32 Å². The van der Waals surface area contributed by atoms with Crippen molar-refractivity contribution in [3.8, 4) is 0 Å². The molecule has 2 aliphatic heterocycles. The van der Waals surface area contributed by atoms with Crippen molar-refractivity contribution in [2.24, 2.45) is 28.1 Å². The Morgan fingerprint density at radius 3 is 2.59 bits per heavy atom. The van der Waals surface area contributed by atoms with Crippen LogP contribution in [0.25, 0.3) is 0 Å². The van der Waals surface area contributed by atoms with E-state index >= 15 is 0 Å². The van der Waals surface area contributed by atoms with Gasteiger partial charge in [0.1, 0.15) is 16.5 Å². The van der Waals surface area contributed by atoms with Gasteiger partial charge in [-0.25, -0.2) is 4.39 Å². The van der Waals surface area contributed by atoms with Gasteiger partial charge in [-0.3, -0.25) is 9.59 Å². The van der Waals surface area contributed by atoms with Crippen LogP contribution in [0.15, 0.2) is 63.9 Å². The van der Waals surface area contributed by atoms with Crippen LogP contribution in [0.5, 0.6) is 0 Å². The lowest BCUT2D eigenvalue weighted by Gasteiger charge is -2.44. The van der Waals surface area contributed by atoms with Crippen molar-refractivity contribution in [1.29, 1.82) is 0 Å². The highest BCUT2D eigenvalue weighted by molar-refractivity contribution is 14.1. The van der Waals surface area contributed by atoms with Gasteiger partial charge in [-0.2, -0.15) is 8.42 Å². The number of piperidine rings is 1. The minimum Gasteiger partial charge on any atom is -0.341 e. The molecule has 2 fully saturated rings. The number of hydrogen-bond acceptors (Lipinski definition) is 5. The molecule has 2 aromatic carbocycles. The third-order valence-electron chi connectivity index (χ3n) is 7.16. The molecule has 0 radical (unpaired) electrons. The van der Waals surface area contributed by atoms with E-state index in [1.807, 2.05) is 28.7 Å². The topological polar surface area (TPSA) is 95.9 Å². The number of carbonyl (C=O) groups excluding carboxylic acids is 2. The van der Waals surface area contributed by atoms with Crippen LogP contribution in [-0.2, 0) is 26.2 Å². The van der Waals surface area contributed by atoms with Gasteiger partial charge in [0.05, 0.1) is 5.69 Å². The van der Waals surface area contributed by atoms with Crippen molar-refractivity contribution < 1.29 is 22.4 Å². The highest BCUT2D eigenvalue weighted by atomic mass is 127. The van der Waals surface area contributed by atoms with Gasteiger partial charge in [-0.1, -0.05) is 24.3 Å². The van der Waals surface area contributed by atoms with E-state index in [4.69, 9.17) is 0 Å². The fraction of sp³-hybridized carbons (Fsp3) is 0.292. The van der Waals surface area contributed by atoms with E-state index in [2.05, 4.69) is 15.8 Å². The number of anilines is 1. The zero-order valence-corrected chi connectivity index (χ0v) is 20.7. The Bertz CT molecular complexity index is 1410. The van der Waals surface area contributed by atoms with Gasteiger partial charge in [0.2, 0.25) is 5.91 Å². The van der Waals surface area contributed by atoms with E-state index < -0.39 is 27.8 Å². The van der Waals surface area contributed by atoms with Crippen LogP contribution in [-0.4, -0.2) is 36.9 Å². The number of amidine groups is 1. The Kier molecular flexibility index (Phi) is 4.96. The number of halogens is 2. The molecule has 4 aliphatic rings. The summed E-state index contributed by atoms with van der Waals surface area (Å²) in [5.74, 6) is -3.00. The van der Waals surface area contributed by atoms with Crippen LogP contribution in [0.3, 0.4) is 0 Å². The first kappa shape index (κ1) is 21.9. The number of nitrogens with one attached hydrogen (secondary N) is 1. The van der Waals surface area contributed by atoms with Gasteiger partial charge in [0.25, 0.3) is 10.0 Å². The quantitative estimate of drug-likeness (QED) is 0.336. The lowest BCUT2D eigenvalue weighted by molar-refractivity contribution is -0.151. The monoisotopic (exact) mass is 591 g/mol. The molecule has 1 saturated heterocycles. The summed E-state index contributed by atoms with van der Waals surface area (Å²) in [5.41, 5.74) is 1.03. The van der Waals surface area contributed by atoms with E-state index in [0.717, 1.165) is 15.6 Å². The minimum atomic E-state index is -4.08. The summed E-state index contributed by atoms with van der Waals surface area (Å²) in [6, 6.07) is 10.5. The molecular formula is C24H19FIN3O4S. The Morgan fingerprint density at radius 1 is 1.09 bits per heavy atom.